The van der Waals surface area contributed by atoms with E-state index >= 15 is 0 Å². The minimum atomic E-state index is -7.15. The number of benzene rings is 1. The Morgan fingerprint density at radius 1 is 0.938 bits per heavy atom. The van der Waals surface area contributed by atoms with Crippen molar-refractivity contribution in [1.82, 2.24) is 0 Å². The molecule has 0 unspecified atom stereocenters. The van der Waals surface area contributed by atoms with Crippen molar-refractivity contribution in [3.8, 4) is 0 Å². The molecule has 0 amide bonds. The molecule has 4 nitrogen and oxygen atoms in total. The van der Waals surface area contributed by atoms with Crippen molar-refractivity contribution in [2.24, 2.45) is 0 Å². The number of carbonyl (C=O) groups excluding carboxylic acids is 1. The fourth-order valence-electron chi connectivity index (χ4n) is 3.11. The van der Waals surface area contributed by atoms with E-state index in [2.05, 4.69) is 11.6 Å². The normalized spacial score (nSPS) is 21.0. The zero-order chi connectivity index (χ0) is 25.1. The Bertz CT molecular complexity index is 1050. The van der Waals surface area contributed by atoms with Gasteiger partial charge in [0, 0.05) is 0 Å². The van der Waals surface area contributed by atoms with Crippen LogP contribution < -0.4 is 0 Å². The minimum absolute atomic E-state index is 0.153. The van der Waals surface area contributed by atoms with Gasteiger partial charge in [0.25, 0.3) is 0 Å². The number of Topliss-reactive ketones (excluding diaryl/α,β-unsaturated/α-hetero) is 1. The molecule has 0 radical (unpaired) electrons. The van der Waals surface area contributed by atoms with Crippen LogP contribution in [0.15, 0.2) is 34.9 Å². The van der Waals surface area contributed by atoms with Crippen molar-refractivity contribution in [2.75, 3.05) is 0 Å². The van der Waals surface area contributed by atoms with Crippen molar-refractivity contribution in [1.29, 1.82) is 0 Å². The molecule has 180 valence electrons. The van der Waals surface area contributed by atoms with E-state index in [0.717, 1.165) is 13.8 Å². The summed E-state index contributed by atoms with van der Waals surface area (Å²) in [5.74, 6) is -17.9. The highest BCUT2D eigenvalue weighted by Gasteiger charge is 2.84. The first kappa shape index (κ1) is 26.4. The third-order valence-electron chi connectivity index (χ3n) is 4.82. The molecule has 1 heterocycles. The van der Waals surface area contributed by atoms with Crippen molar-refractivity contribution < 1.29 is 53.1 Å². The highest BCUT2D eigenvalue weighted by molar-refractivity contribution is 7.96. The number of hydrogen-bond donors (Lipinski definition) is 0. The topological polar surface area (TPSA) is 60.4 Å². The largest absolute Gasteiger partial charge is 0.485 e. The van der Waals surface area contributed by atoms with Crippen molar-refractivity contribution in [3.05, 3.63) is 46.1 Å². The number of carbonyl (C=O) groups is 1. The molecular formula is C18H15ClF8O4S. The molecular weight excluding hydrogens is 500 g/mol. The summed E-state index contributed by atoms with van der Waals surface area (Å²) in [6, 6.07) is 5.12. The zero-order valence-corrected chi connectivity index (χ0v) is 18.0. The summed E-state index contributed by atoms with van der Waals surface area (Å²) in [7, 11) is -6.82. The predicted octanol–water partition coefficient (Wildman–Crippen LogP) is 5.41. The maximum absolute atomic E-state index is 14.5. The molecule has 2 atom stereocenters. The van der Waals surface area contributed by atoms with Crippen LogP contribution in [0.3, 0.4) is 0 Å². The summed E-state index contributed by atoms with van der Waals surface area (Å²) in [5, 5.41) is -13.0. The first-order chi connectivity index (χ1) is 14.2. The molecule has 1 aliphatic rings. The molecule has 0 fully saturated rings. The summed E-state index contributed by atoms with van der Waals surface area (Å²) in [6.45, 7) is 3.22. The van der Waals surface area contributed by atoms with E-state index in [4.69, 9.17) is 4.74 Å². The van der Waals surface area contributed by atoms with Crippen LogP contribution in [-0.4, -0.2) is 42.8 Å². The second-order valence-electron chi connectivity index (χ2n) is 7.12. The Balaban J connectivity index is 2.75. The fourth-order valence-corrected chi connectivity index (χ4v) is 5.00. The summed E-state index contributed by atoms with van der Waals surface area (Å²) < 4.78 is 140. The Morgan fingerprint density at radius 2 is 1.41 bits per heavy atom. The SMILES string of the molecule is CC(=O)[C@H]1OC(C)=C(S(=O)(=O)C(F)(F)C(F)(F)C(F)(F)C(F)(F)Cl)[C@@H]1c1ccc(C)cc1. The average molecular weight is 515 g/mol. The molecule has 0 N–H and O–H groups in total. The van der Waals surface area contributed by atoms with Gasteiger partial charge in [-0.2, -0.15) is 35.1 Å². The maximum atomic E-state index is 14.5. The van der Waals surface area contributed by atoms with Crippen LogP contribution in [0.25, 0.3) is 0 Å². The monoisotopic (exact) mass is 514 g/mol. The highest BCUT2D eigenvalue weighted by atomic mass is 35.5. The van der Waals surface area contributed by atoms with Gasteiger partial charge in [-0.15, -0.1) is 0 Å². The first-order valence-electron chi connectivity index (χ1n) is 8.61. The van der Waals surface area contributed by atoms with Crippen LogP contribution in [0.2, 0.25) is 0 Å². The number of ether oxygens (including phenoxy) is 1. The molecule has 0 aliphatic carbocycles. The molecule has 32 heavy (non-hydrogen) atoms. The Morgan fingerprint density at radius 3 is 1.81 bits per heavy atom. The number of hydrogen-bond acceptors (Lipinski definition) is 4. The molecule has 14 heteroatoms. The van der Waals surface area contributed by atoms with Crippen molar-refractivity contribution >= 4 is 27.2 Å². The quantitative estimate of drug-likeness (QED) is 0.361. The highest BCUT2D eigenvalue weighted by Crippen LogP contribution is 2.58. The van der Waals surface area contributed by atoms with Crippen LogP contribution in [0.1, 0.15) is 30.9 Å². The number of rotatable bonds is 7. The summed E-state index contributed by atoms with van der Waals surface area (Å²) in [4.78, 5) is 10.3. The molecule has 0 spiro atoms. The third kappa shape index (κ3) is 3.76. The minimum Gasteiger partial charge on any atom is -0.485 e. The van der Waals surface area contributed by atoms with Crippen molar-refractivity contribution in [3.63, 3.8) is 0 Å². The van der Waals surface area contributed by atoms with E-state index in [-0.39, 0.29) is 5.56 Å². The van der Waals surface area contributed by atoms with Gasteiger partial charge < -0.3 is 4.74 Å². The van der Waals surface area contributed by atoms with E-state index in [1.165, 1.54) is 24.3 Å². The average Bonchev–Trinajstić information content (AvgIpc) is 2.99. The Kier molecular flexibility index (Phi) is 6.47. The van der Waals surface area contributed by atoms with Gasteiger partial charge in [-0.25, -0.2) is 8.42 Å². The number of halogens is 9. The number of alkyl halides is 9. The molecule has 0 saturated heterocycles. The fraction of sp³-hybridized carbons (Fsp3) is 0.500. The molecule has 0 bridgehead atoms. The van der Waals surface area contributed by atoms with Crippen LogP contribution in [0.5, 0.6) is 0 Å². The van der Waals surface area contributed by atoms with Gasteiger partial charge in [-0.05, 0) is 37.9 Å². The lowest BCUT2D eigenvalue weighted by molar-refractivity contribution is -0.326. The van der Waals surface area contributed by atoms with Gasteiger partial charge in [-0.1, -0.05) is 29.8 Å². The van der Waals surface area contributed by atoms with Gasteiger partial charge >= 0.3 is 22.5 Å². The number of sulfone groups is 1. The smallest absolute Gasteiger partial charge is 0.417 e. The zero-order valence-electron chi connectivity index (χ0n) is 16.4. The summed E-state index contributed by atoms with van der Waals surface area (Å²) in [5.41, 5.74) is 0.456. The first-order valence-corrected chi connectivity index (χ1v) is 10.5. The van der Waals surface area contributed by atoms with Gasteiger partial charge in [0.15, 0.2) is 11.9 Å². The number of allylic oxidation sites excluding steroid dienone is 1. The standard InChI is InChI=1S/C18H15ClF8O4S/c1-8-4-6-11(7-5-8)12-13(9(2)28)31-10(3)14(12)32(29,30)18(26,27)16(22,23)15(20,21)17(19,24)25/h4-7,12-13H,1-3H3/t12-,13-/m1/s1. The summed E-state index contributed by atoms with van der Waals surface area (Å²) >= 11 is 3.89. The van der Waals surface area contributed by atoms with E-state index in [9.17, 15) is 48.3 Å². The van der Waals surface area contributed by atoms with Crippen LogP contribution >= 0.6 is 11.6 Å². The van der Waals surface area contributed by atoms with Gasteiger partial charge in [0.2, 0.25) is 9.84 Å². The van der Waals surface area contributed by atoms with Gasteiger partial charge in [0.1, 0.15) is 5.76 Å². The van der Waals surface area contributed by atoms with E-state index in [1.54, 1.807) is 6.92 Å². The number of aryl methyl sites for hydroxylation is 1. The molecule has 0 aromatic heterocycles. The second kappa shape index (κ2) is 7.86. The van der Waals surface area contributed by atoms with E-state index in [1.807, 2.05) is 0 Å². The van der Waals surface area contributed by atoms with E-state index < -0.39 is 60.8 Å². The summed E-state index contributed by atoms with van der Waals surface area (Å²) in [6.07, 6.45) is -1.78. The maximum Gasteiger partial charge on any atom is 0.417 e. The van der Waals surface area contributed by atoms with Gasteiger partial charge in [0.05, 0.1) is 10.8 Å². The van der Waals surface area contributed by atoms with Crippen molar-refractivity contribution in [2.45, 2.75) is 55.3 Å². The Hall–Kier alpha value is -1.89. The molecule has 1 aromatic carbocycles. The Labute approximate surface area is 182 Å². The molecule has 1 aromatic rings. The lowest BCUT2D eigenvalue weighted by atomic mass is 9.91. The van der Waals surface area contributed by atoms with Gasteiger partial charge in [-0.3, -0.25) is 4.79 Å². The molecule has 2 rings (SSSR count). The number of ketones is 1. The van der Waals surface area contributed by atoms with Crippen LogP contribution in [0, 0.1) is 6.92 Å². The second-order valence-corrected chi connectivity index (χ2v) is 9.56. The lowest BCUT2D eigenvalue weighted by Crippen LogP contribution is -2.63. The molecule has 1 aliphatic heterocycles. The van der Waals surface area contributed by atoms with E-state index in [0.29, 0.717) is 5.56 Å². The van der Waals surface area contributed by atoms with Crippen LogP contribution in [-0.2, 0) is 19.4 Å². The lowest BCUT2D eigenvalue weighted by Gasteiger charge is -2.34. The third-order valence-corrected chi connectivity index (χ3v) is 7.11. The predicted molar refractivity (Wildman–Crippen MR) is 96.7 cm³/mol. The molecule has 0 saturated carbocycles. The van der Waals surface area contributed by atoms with Crippen LogP contribution in [0.4, 0.5) is 35.1 Å².